The molecule has 0 fully saturated rings. The maximum atomic E-state index is 3.47. The van der Waals surface area contributed by atoms with Crippen molar-refractivity contribution in [3.63, 3.8) is 0 Å². The Hall–Kier alpha value is -0.980. The quantitative estimate of drug-likeness (QED) is 0.691. The molecule has 13 heavy (non-hydrogen) atoms. The number of rotatable bonds is 1. The monoisotopic (exact) mass is 175 g/mol. The summed E-state index contributed by atoms with van der Waals surface area (Å²) < 4.78 is 0. The van der Waals surface area contributed by atoms with E-state index in [-0.39, 0.29) is 0 Å². The Bertz CT molecular complexity index is 304. The first-order chi connectivity index (χ1) is 6.31. The van der Waals surface area contributed by atoms with Gasteiger partial charge in [0, 0.05) is 12.2 Å². The zero-order valence-electron chi connectivity index (χ0n) is 8.43. The molecule has 0 spiro atoms. The van der Waals surface area contributed by atoms with Crippen LogP contribution in [0.2, 0.25) is 0 Å². The average molecular weight is 175 g/mol. The molecule has 2 rings (SSSR count). The maximum absolute atomic E-state index is 3.47. The minimum Gasteiger partial charge on any atom is -0.385 e. The van der Waals surface area contributed by atoms with Gasteiger partial charge in [-0.1, -0.05) is 26.0 Å². The van der Waals surface area contributed by atoms with E-state index in [1.54, 1.807) is 0 Å². The lowest BCUT2D eigenvalue weighted by Gasteiger charge is -2.24. The van der Waals surface area contributed by atoms with Gasteiger partial charge in [0.05, 0.1) is 0 Å². The summed E-state index contributed by atoms with van der Waals surface area (Å²) in [5.41, 5.74) is 4.28. The lowest BCUT2D eigenvalue weighted by atomic mass is 9.91. The van der Waals surface area contributed by atoms with E-state index in [1.807, 2.05) is 0 Å². The van der Waals surface area contributed by atoms with Crippen LogP contribution in [-0.2, 0) is 6.42 Å². The molecule has 1 aliphatic rings. The van der Waals surface area contributed by atoms with Crippen LogP contribution in [0.3, 0.4) is 0 Å². The molecule has 1 heterocycles. The first-order valence-corrected chi connectivity index (χ1v) is 5.18. The van der Waals surface area contributed by atoms with Gasteiger partial charge in [0.25, 0.3) is 0 Å². The third-order valence-electron chi connectivity index (χ3n) is 2.95. The zero-order chi connectivity index (χ0) is 9.26. The number of hydrogen-bond donors (Lipinski definition) is 1. The van der Waals surface area contributed by atoms with Crippen molar-refractivity contribution in [2.75, 3.05) is 11.9 Å². The van der Waals surface area contributed by atoms with Gasteiger partial charge in [0.2, 0.25) is 0 Å². The molecule has 1 aromatic carbocycles. The minimum atomic E-state index is 0.724. The van der Waals surface area contributed by atoms with Crippen molar-refractivity contribution in [1.82, 2.24) is 0 Å². The van der Waals surface area contributed by atoms with E-state index in [2.05, 4.69) is 37.4 Å². The molecule has 1 aromatic rings. The molecule has 0 saturated heterocycles. The molecule has 0 radical (unpaired) electrons. The third kappa shape index (κ3) is 1.55. The third-order valence-corrected chi connectivity index (χ3v) is 2.95. The van der Waals surface area contributed by atoms with Crippen LogP contribution in [0.1, 0.15) is 37.3 Å². The molecule has 1 N–H and O–H groups in total. The molecule has 0 aliphatic carbocycles. The highest BCUT2D eigenvalue weighted by atomic mass is 14.9. The van der Waals surface area contributed by atoms with Crippen LogP contribution in [0.5, 0.6) is 0 Å². The van der Waals surface area contributed by atoms with Crippen molar-refractivity contribution in [2.24, 2.45) is 0 Å². The molecule has 1 unspecified atom stereocenters. The summed E-state index contributed by atoms with van der Waals surface area (Å²) in [6.45, 7) is 5.64. The van der Waals surface area contributed by atoms with Gasteiger partial charge >= 0.3 is 0 Å². The number of fused-ring (bicyclic) bond motifs is 1. The number of anilines is 1. The van der Waals surface area contributed by atoms with Crippen LogP contribution >= 0.6 is 0 Å². The van der Waals surface area contributed by atoms with Crippen LogP contribution in [0.15, 0.2) is 18.2 Å². The maximum Gasteiger partial charge on any atom is 0.0378 e. The first-order valence-electron chi connectivity index (χ1n) is 5.18. The zero-order valence-corrected chi connectivity index (χ0v) is 8.43. The van der Waals surface area contributed by atoms with E-state index in [1.165, 1.54) is 23.2 Å². The molecular formula is C12H17N. The highest BCUT2D eigenvalue weighted by Crippen LogP contribution is 2.31. The first kappa shape index (κ1) is 8.61. The van der Waals surface area contributed by atoms with E-state index in [0.717, 1.165) is 18.9 Å². The summed E-state index contributed by atoms with van der Waals surface area (Å²) in [7, 11) is 0. The lowest BCUT2D eigenvalue weighted by molar-refractivity contribution is 0.683. The van der Waals surface area contributed by atoms with Crippen LogP contribution < -0.4 is 5.32 Å². The molecule has 70 valence electrons. The predicted molar refractivity (Wildman–Crippen MR) is 57.3 cm³/mol. The minimum absolute atomic E-state index is 0.724. The summed E-state index contributed by atoms with van der Waals surface area (Å²) in [6, 6.07) is 6.83. The van der Waals surface area contributed by atoms with Gasteiger partial charge in [-0.15, -0.1) is 0 Å². The molecule has 1 atom stereocenters. The van der Waals surface area contributed by atoms with Gasteiger partial charge in [0.1, 0.15) is 0 Å². The molecule has 0 amide bonds. The van der Waals surface area contributed by atoms with Gasteiger partial charge in [0.15, 0.2) is 0 Å². The van der Waals surface area contributed by atoms with Gasteiger partial charge < -0.3 is 5.32 Å². The summed E-state index contributed by atoms with van der Waals surface area (Å²) >= 11 is 0. The highest BCUT2D eigenvalue weighted by molar-refractivity contribution is 5.56. The van der Waals surface area contributed by atoms with E-state index >= 15 is 0 Å². The molecule has 0 bridgehead atoms. The fourth-order valence-corrected chi connectivity index (χ4v) is 1.99. The topological polar surface area (TPSA) is 12.0 Å². The van der Waals surface area contributed by atoms with Crippen molar-refractivity contribution >= 4 is 5.69 Å². The Morgan fingerprint density at radius 1 is 1.46 bits per heavy atom. The van der Waals surface area contributed by atoms with E-state index in [0.29, 0.717) is 0 Å². The largest absolute Gasteiger partial charge is 0.385 e. The fraction of sp³-hybridized carbons (Fsp3) is 0.500. The second kappa shape index (κ2) is 3.41. The molecular weight excluding hydrogens is 158 g/mol. The Morgan fingerprint density at radius 2 is 2.31 bits per heavy atom. The van der Waals surface area contributed by atoms with Gasteiger partial charge in [-0.05, 0) is 36.0 Å². The van der Waals surface area contributed by atoms with Crippen LogP contribution in [-0.4, -0.2) is 6.54 Å². The smallest absolute Gasteiger partial charge is 0.0378 e. The Labute approximate surface area is 80.2 Å². The molecule has 1 heteroatoms. The number of nitrogens with one attached hydrogen (secondary N) is 1. The Kier molecular flexibility index (Phi) is 2.26. The Balaban J connectivity index is 2.39. The summed E-state index contributed by atoms with van der Waals surface area (Å²) in [5.74, 6) is 0.724. The summed E-state index contributed by atoms with van der Waals surface area (Å²) in [6.07, 6.45) is 2.39. The van der Waals surface area contributed by atoms with Crippen molar-refractivity contribution in [3.05, 3.63) is 29.3 Å². The standard InChI is InChI=1S/C12H17N/c1-3-10-4-5-11-9(2)6-7-13-12(11)8-10/h4-5,8-9,13H,3,6-7H2,1-2H3. The van der Waals surface area contributed by atoms with Crippen LogP contribution in [0, 0.1) is 0 Å². The fourth-order valence-electron chi connectivity index (χ4n) is 1.99. The van der Waals surface area contributed by atoms with Crippen LogP contribution in [0.4, 0.5) is 5.69 Å². The summed E-state index contributed by atoms with van der Waals surface area (Å²) in [5, 5.41) is 3.47. The Morgan fingerprint density at radius 3 is 3.08 bits per heavy atom. The summed E-state index contributed by atoms with van der Waals surface area (Å²) in [4.78, 5) is 0. The van der Waals surface area contributed by atoms with Crippen LogP contribution in [0.25, 0.3) is 0 Å². The second-order valence-electron chi connectivity index (χ2n) is 3.89. The number of hydrogen-bond acceptors (Lipinski definition) is 1. The van der Waals surface area contributed by atoms with Crippen molar-refractivity contribution in [1.29, 1.82) is 0 Å². The number of benzene rings is 1. The number of aryl methyl sites for hydroxylation is 1. The predicted octanol–water partition coefficient (Wildman–Crippen LogP) is 3.17. The molecule has 1 nitrogen and oxygen atoms in total. The van der Waals surface area contributed by atoms with E-state index < -0.39 is 0 Å². The second-order valence-corrected chi connectivity index (χ2v) is 3.89. The molecule has 1 aliphatic heterocycles. The van der Waals surface area contributed by atoms with Gasteiger partial charge in [-0.2, -0.15) is 0 Å². The molecule has 0 saturated carbocycles. The SMILES string of the molecule is CCc1ccc2c(c1)NCCC2C. The van der Waals surface area contributed by atoms with Gasteiger partial charge in [-0.25, -0.2) is 0 Å². The normalized spacial score (nSPS) is 20.6. The van der Waals surface area contributed by atoms with Gasteiger partial charge in [-0.3, -0.25) is 0 Å². The lowest BCUT2D eigenvalue weighted by Crippen LogP contribution is -2.14. The van der Waals surface area contributed by atoms with Crippen molar-refractivity contribution < 1.29 is 0 Å². The van der Waals surface area contributed by atoms with Crippen molar-refractivity contribution in [2.45, 2.75) is 32.6 Å². The average Bonchev–Trinajstić information content (AvgIpc) is 2.18. The van der Waals surface area contributed by atoms with E-state index in [9.17, 15) is 0 Å². The molecule has 0 aromatic heterocycles. The van der Waals surface area contributed by atoms with Crippen molar-refractivity contribution in [3.8, 4) is 0 Å². The highest BCUT2D eigenvalue weighted by Gasteiger charge is 2.15. The van der Waals surface area contributed by atoms with E-state index in [4.69, 9.17) is 0 Å².